The highest BCUT2D eigenvalue weighted by molar-refractivity contribution is 7.10. The van der Waals surface area contributed by atoms with Crippen LogP contribution in [-0.4, -0.2) is 5.11 Å². The van der Waals surface area contributed by atoms with E-state index in [1.54, 1.807) is 17.4 Å². The molecule has 0 fully saturated rings. The quantitative estimate of drug-likeness (QED) is 0.688. The van der Waals surface area contributed by atoms with Crippen LogP contribution < -0.4 is 0 Å². The SMILES string of the molecule is C=C[C@@H](C)[C@H](O)c1cccs1. The Morgan fingerprint density at radius 1 is 1.73 bits per heavy atom. The lowest BCUT2D eigenvalue weighted by molar-refractivity contribution is 0.143. The molecule has 0 aliphatic rings. The highest BCUT2D eigenvalue weighted by Gasteiger charge is 2.13. The second kappa shape index (κ2) is 3.69. The maximum absolute atomic E-state index is 9.62. The minimum Gasteiger partial charge on any atom is -0.387 e. The van der Waals surface area contributed by atoms with Crippen molar-refractivity contribution in [1.29, 1.82) is 0 Å². The number of hydrogen-bond acceptors (Lipinski definition) is 2. The third-order valence-electron chi connectivity index (χ3n) is 1.70. The van der Waals surface area contributed by atoms with Crippen LogP contribution in [0.1, 0.15) is 17.9 Å². The highest BCUT2D eigenvalue weighted by Crippen LogP contribution is 2.25. The van der Waals surface area contributed by atoms with Gasteiger partial charge in [-0.3, -0.25) is 0 Å². The fraction of sp³-hybridized carbons (Fsp3) is 0.333. The van der Waals surface area contributed by atoms with Gasteiger partial charge in [-0.25, -0.2) is 0 Å². The van der Waals surface area contributed by atoms with Crippen molar-refractivity contribution >= 4 is 11.3 Å². The molecule has 0 aliphatic carbocycles. The van der Waals surface area contributed by atoms with Crippen molar-refractivity contribution in [3.05, 3.63) is 35.0 Å². The Hall–Kier alpha value is -0.600. The standard InChI is InChI=1S/C9H12OS/c1-3-7(2)9(10)8-5-4-6-11-8/h3-7,9-10H,1H2,2H3/t7-,9+/m1/s1. The Balaban J connectivity index is 2.69. The average molecular weight is 168 g/mol. The minimum absolute atomic E-state index is 0.133. The van der Waals surface area contributed by atoms with E-state index in [2.05, 4.69) is 6.58 Å². The van der Waals surface area contributed by atoms with E-state index in [1.807, 2.05) is 24.4 Å². The van der Waals surface area contributed by atoms with Crippen molar-refractivity contribution in [3.63, 3.8) is 0 Å². The molecule has 0 spiro atoms. The van der Waals surface area contributed by atoms with Crippen LogP contribution in [-0.2, 0) is 0 Å². The van der Waals surface area contributed by atoms with E-state index in [0.717, 1.165) is 4.88 Å². The molecule has 0 amide bonds. The van der Waals surface area contributed by atoms with Crippen LogP contribution in [0, 0.1) is 5.92 Å². The van der Waals surface area contributed by atoms with Crippen LogP contribution in [0.5, 0.6) is 0 Å². The average Bonchev–Trinajstić information content (AvgIpc) is 2.53. The molecule has 1 aromatic heterocycles. The van der Waals surface area contributed by atoms with Crippen molar-refractivity contribution in [2.45, 2.75) is 13.0 Å². The summed E-state index contributed by atoms with van der Waals surface area (Å²) >= 11 is 1.58. The topological polar surface area (TPSA) is 20.2 Å². The summed E-state index contributed by atoms with van der Waals surface area (Å²) in [4.78, 5) is 1.01. The van der Waals surface area contributed by atoms with Crippen molar-refractivity contribution in [2.75, 3.05) is 0 Å². The highest BCUT2D eigenvalue weighted by atomic mass is 32.1. The monoisotopic (exact) mass is 168 g/mol. The fourth-order valence-electron chi connectivity index (χ4n) is 0.848. The maximum Gasteiger partial charge on any atom is 0.0941 e. The summed E-state index contributed by atoms with van der Waals surface area (Å²) in [6.07, 6.45) is 1.39. The zero-order chi connectivity index (χ0) is 8.27. The van der Waals surface area contributed by atoms with Gasteiger partial charge in [0.25, 0.3) is 0 Å². The molecule has 1 rings (SSSR count). The fourth-order valence-corrected chi connectivity index (χ4v) is 1.67. The number of aliphatic hydroxyl groups excluding tert-OH is 1. The van der Waals surface area contributed by atoms with Crippen LogP contribution in [0.4, 0.5) is 0 Å². The molecule has 1 aromatic rings. The molecule has 1 nitrogen and oxygen atoms in total. The molecule has 1 N–H and O–H groups in total. The molecule has 0 bridgehead atoms. The molecule has 0 radical (unpaired) electrons. The Kier molecular flexibility index (Phi) is 2.85. The van der Waals surface area contributed by atoms with Crippen molar-refractivity contribution in [1.82, 2.24) is 0 Å². The first kappa shape index (κ1) is 8.50. The summed E-state index contributed by atoms with van der Waals surface area (Å²) < 4.78 is 0. The second-order valence-corrected chi connectivity index (χ2v) is 3.53. The van der Waals surface area contributed by atoms with E-state index < -0.39 is 0 Å². The third-order valence-corrected chi connectivity index (χ3v) is 2.65. The van der Waals surface area contributed by atoms with E-state index in [9.17, 15) is 5.11 Å². The Morgan fingerprint density at radius 3 is 2.91 bits per heavy atom. The smallest absolute Gasteiger partial charge is 0.0941 e. The van der Waals surface area contributed by atoms with E-state index in [-0.39, 0.29) is 12.0 Å². The van der Waals surface area contributed by atoms with Crippen LogP contribution in [0.2, 0.25) is 0 Å². The van der Waals surface area contributed by atoms with Gasteiger partial charge >= 0.3 is 0 Å². The lowest BCUT2D eigenvalue weighted by Gasteiger charge is -2.12. The Morgan fingerprint density at radius 2 is 2.45 bits per heavy atom. The van der Waals surface area contributed by atoms with Gasteiger partial charge in [-0.05, 0) is 11.4 Å². The van der Waals surface area contributed by atoms with Gasteiger partial charge in [-0.1, -0.05) is 19.1 Å². The predicted octanol–water partition coefficient (Wildman–Crippen LogP) is 2.60. The second-order valence-electron chi connectivity index (χ2n) is 2.56. The normalized spacial score (nSPS) is 15.8. The van der Waals surface area contributed by atoms with Gasteiger partial charge in [-0.2, -0.15) is 0 Å². The molecule has 11 heavy (non-hydrogen) atoms. The molecule has 2 atom stereocenters. The van der Waals surface area contributed by atoms with E-state index in [0.29, 0.717) is 0 Å². The van der Waals surface area contributed by atoms with Gasteiger partial charge in [0.2, 0.25) is 0 Å². The maximum atomic E-state index is 9.62. The molecule has 1 heterocycles. The summed E-state index contributed by atoms with van der Waals surface area (Å²) in [7, 11) is 0. The lowest BCUT2D eigenvalue weighted by atomic mass is 10.0. The molecule has 0 aromatic carbocycles. The van der Waals surface area contributed by atoms with Gasteiger partial charge in [0.15, 0.2) is 0 Å². The van der Waals surface area contributed by atoms with Crippen molar-refractivity contribution in [3.8, 4) is 0 Å². The number of rotatable bonds is 3. The van der Waals surface area contributed by atoms with Crippen LogP contribution in [0.25, 0.3) is 0 Å². The first-order chi connectivity index (χ1) is 5.25. The van der Waals surface area contributed by atoms with Gasteiger partial charge in [0.05, 0.1) is 6.10 Å². The number of thiophene rings is 1. The van der Waals surface area contributed by atoms with Gasteiger partial charge in [0.1, 0.15) is 0 Å². The zero-order valence-corrected chi connectivity index (χ0v) is 7.34. The Bertz CT molecular complexity index is 215. The molecule has 0 unspecified atom stereocenters. The summed E-state index contributed by atoms with van der Waals surface area (Å²) in [6.45, 7) is 5.59. The summed E-state index contributed by atoms with van der Waals surface area (Å²) in [6, 6.07) is 3.88. The molecule has 0 saturated heterocycles. The van der Waals surface area contributed by atoms with Crippen LogP contribution >= 0.6 is 11.3 Å². The van der Waals surface area contributed by atoms with Gasteiger partial charge < -0.3 is 5.11 Å². The molecular weight excluding hydrogens is 156 g/mol. The molecular formula is C9H12OS. The van der Waals surface area contributed by atoms with E-state index in [4.69, 9.17) is 0 Å². The zero-order valence-electron chi connectivity index (χ0n) is 6.53. The first-order valence-corrected chi connectivity index (χ1v) is 4.47. The predicted molar refractivity (Wildman–Crippen MR) is 48.6 cm³/mol. The largest absolute Gasteiger partial charge is 0.387 e. The minimum atomic E-state index is -0.382. The molecule has 2 heteroatoms. The van der Waals surface area contributed by atoms with E-state index in [1.165, 1.54) is 0 Å². The van der Waals surface area contributed by atoms with Gasteiger partial charge in [0, 0.05) is 10.8 Å². The lowest BCUT2D eigenvalue weighted by Crippen LogP contribution is -2.03. The summed E-state index contributed by atoms with van der Waals surface area (Å²) in [5.41, 5.74) is 0. The first-order valence-electron chi connectivity index (χ1n) is 3.59. The van der Waals surface area contributed by atoms with Crippen molar-refractivity contribution < 1.29 is 5.11 Å². The molecule has 0 aliphatic heterocycles. The number of hydrogen-bond donors (Lipinski definition) is 1. The van der Waals surface area contributed by atoms with Crippen LogP contribution in [0.3, 0.4) is 0 Å². The summed E-state index contributed by atoms with van der Waals surface area (Å²) in [5, 5.41) is 11.6. The summed E-state index contributed by atoms with van der Waals surface area (Å²) in [5.74, 6) is 0.133. The third kappa shape index (κ3) is 1.91. The van der Waals surface area contributed by atoms with Crippen molar-refractivity contribution in [2.24, 2.45) is 5.92 Å². The van der Waals surface area contributed by atoms with Crippen LogP contribution in [0.15, 0.2) is 30.2 Å². The Labute approximate surface area is 71.0 Å². The molecule has 60 valence electrons. The molecule has 0 saturated carbocycles. The number of aliphatic hydroxyl groups is 1. The van der Waals surface area contributed by atoms with Gasteiger partial charge in [-0.15, -0.1) is 17.9 Å². The van der Waals surface area contributed by atoms with E-state index >= 15 is 0 Å².